The molecule has 6 heteroatoms. The molecule has 0 aliphatic rings. The predicted octanol–water partition coefficient (Wildman–Crippen LogP) is 16.8. The molecular weight excluding hydrogens is 755 g/mol. The van der Waals surface area contributed by atoms with Gasteiger partial charge in [0.15, 0.2) is 0 Å². The molecule has 0 fully saturated rings. The van der Waals surface area contributed by atoms with Gasteiger partial charge in [-0.1, -0.05) is 207 Å². The van der Waals surface area contributed by atoms with Crippen LogP contribution in [0.4, 0.5) is 0 Å². The summed E-state index contributed by atoms with van der Waals surface area (Å²) < 4.78 is 17.5. The van der Waals surface area contributed by atoms with Gasteiger partial charge in [0, 0.05) is 38.6 Å². The van der Waals surface area contributed by atoms with Gasteiger partial charge in [-0.2, -0.15) is 0 Å². The molecule has 0 rings (SSSR count). The van der Waals surface area contributed by atoms with Crippen LogP contribution < -0.4 is 0 Å². The maximum atomic E-state index is 12.3. The summed E-state index contributed by atoms with van der Waals surface area (Å²) in [7, 11) is 2.21. The van der Waals surface area contributed by atoms with Gasteiger partial charge in [0.1, 0.15) is 0 Å². The summed E-state index contributed by atoms with van der Waals surface area (Å²) in [5, 5.41) is 0. The zero-order valence-electron chi connectivity index (χ0n) is 42.5. The monoisotopic (exact) mass is 864 g/mol. The van der Waals surface area contributed by atoms with Gasteiger partial charge in [-0.3, -0.25) is 9.59 Å². The first-order valence-electron chi connectivity index (χ1n) is 27.4. The molecule has 61 heavy (non-hydrogen) atoms. The Labute approximate surface area is 382 Å². The van der Waals surface area contributed by atoms with Crippen molar-refractivity contribution in [3.63, 3.8) is 0 Å². The van der Waals surface area contributed by atoms with E-state index in [1.54, 1.807) is 0 Å². The largest absolute Gasteiger partial charge is 0.466 e. The van der Waals surface area contributed by atoms with Gasteiger partial charge in [0.25, 0.3) is 0 Å². The summed E-state index contributed by atoms with van der Waals surface area (Å²) in [5.41, 5.74) is 0. The minimum atomic E-state index is 0.0147. The molecule has 0 saturated heterocycles. The molecule has 6 nitrogen and oxygen atoms in total. The molecule has 0 amide bonds. The van der Waals surface area contributed by atoms with Gasteiger partial charge in [-0.15, -0.1) is 0 Å². The Balaban J connectivity index is 4.09. The van der Waals surface area contributed by atoms with E-state index in [0.29, 0.717) is 38.0 Å². The second kappa shape index (κ2) is 46.8. The molecule has 0 spiro atoms. The minimum Gasteiger partial charge on any atom is -0.466 e. The van der Waals surface area contributed by atoms with Crippen LogP contribution in [-0.2, 0) is 23.8 Å². The Kier molecular flexibility index (Phi) is 46.0. The molecule has 0 atom stereocenters. The van der Waals surface area contributed by atoms with E-state index in [0.717, 1.165) is 76.5 Å². The SMILES string of the molecule is CCCCC(CCCC)CCOC(=O)CCCCCCCCCCCC(CCCCCCCCCCCC(=O)OCCC(CCCC)CCCC)COCCCN(C)C(C)C. The average Bonchev–Trinajstić information content (AvgIpc) is 3.25. The molecule has 0 aliphatic heterocycles. The molecule has 0 aliphatic carbocycles. The van der Waals surface area contributed by atoms with Crippen LogP contribution >= 0.6 is 0 Å². The van der Waals surface area contributed by atoms with Gasteiger partial charge < -0.3 is 19.1 Å². The van der Waals surface area contributed by atoms with Crippen LogP contribution in [0, 0.1) is 17.8 Å². The zero-order chi connectivity index (χ0) is 44.9. The Hall–Kier alpha value is -1.14. The second-order valence-electron chi connectivity index (χ2n) is 19.6. The third kappa shape index (κ3) is 42.6. The summed E-state index contributed by atoms with van der Waals surface area (Å²) in [4.78, 5) is 26.9. The van der Waals surface area contributed by atoms with Crippen molar-refractivity contribution in [2.24, 2.45) is 17.8 Å². The van der Waals surface area contributed by atoms with E-state index in [4.69, 9.17) is 14.2 Å². The summed E-state index contributed by atoms with van der Waals surface area (Å²) in [6.07, 6.45) is 45.1. The Morgan fingerprint density at radius 1 is 0.393 bits per heavy atom. The van der Waals surface area contributed by atoms with Gasteiger partial charge >= 0.3 is 11.9 Å². The third-order valence-electron chi connectivity index (χ3n) is 13.5. The molecule has 0 bridgehead atoms. The lowest BCUT2D eigenvalue weighted by Gasteiger charge is -2.21. The van der Waals surface area contributed by atoms with Crippen LogP contribution in [0.5, 0.6) is 0 Å². The van der Waals surface area contributed by atoms with Crippen molar-refractivity contribution in [3.05, 3.63) is 0 Å². The summed E-state index contributed by atoms with van der Waals surface area (Å²) in [5.74, 6) is 2.18. The van der Waals surface area contributed by atoms with Crippen molar-refractivity contribution in [2.75, 3.05) is 40.0 Å². The second-order valence-corrected chi connectivity index (χ2v) is 19.6. The van der Waals surface area contributed by atoms with Gasteiger partial charge in [-0.05, 0) is 83.6 Å². The van der Waals surface area contributed by atoms with Crippen molar-refractivity contribution in [3.8, 4) is 0 Å². The van der Waals surface area contributed by atoms with E-state index in [9.17, 15) is 9.59 Å². The summed E-state index contributed by atoms with van der Waals surface area (Å²) in [6.45, 7) is 17.7. The van der Waals surface area contributed by atoms with E-state index in [2.05, 4.69) is 53.5 Å². The van der Waals surface area contributed by atoms with Crippen molar-refractivity contribution < 1.29 is 23.8 Å². The number of esters is 2. The molecular formula is C55H109NO5. The Morgan fingerprint density at radius 3 is 1.07 bits per heavy atom. The van der Waals surface area contributed by atoms with Crippen LogP contribution in [0.2, 0.25) is 0 Å². The van der Waals surface area contributed by atoms with Crippen molar-refractivity contribution >= 4 is 11.9 Å². The molecule has 0 saturated carbocycles. The maximum absolute atomic E-state index is 12.3. The van der Waals surface area contributed by atoms with Crippen molar-refractivity contribution in [2.45, 2.75) is 285 Å². The first-order valence-corrected chi connectivity index (χ1v) is 27.4. The smallest absolute Gasteiger partial charge is 0.305 e. The fourth-order valence-electron chi connectivity index (χ4n) is 8.78. The molecule has 0 N–H and O–H groups in total. The number of hydrogen-bond donors (Lipinski definition) is 0. The molecule has 0 unspecified atom stereocenters. The highest BCUT2D eigenvalue weighted by atomic mass is 16.5. The fraction of sp³-hybridized carbons (Fsp3) is 0.964. The lowest BCUT2D eigenvalue weighted by atomic mass is 9.93. The highest BCUT2D eigenvalue weighted by Crippen LogP contribution is 2.23. The van der Waals surface area contributed by atoms with Crippen LogP contribution in [0.3, 0.4) is 0 Å². The minimum absolute atomic E-state index is 0.0147. The fourth-order valence-corrected chi connectivity index (χ4v) is 8.78. The number of unbranched alkanes of at least 4 members (excludes halogenated alkanes) is 20. The standard InChI is InChI=1S/C55H109NO5/c1-8-12-35-51(36-13-9-2)43-47-60-54(57)41-32-28-24-20-16-18-22-26-30-39-53(49-59-46-34-45-56(7)50(5)6)40-31-27-23-19-17-21-25-29-33-42-55(58)61-48-44-52(37-14-10-3)38-15-11-4/h50-53H,8-49H2,1-7H3. The number of rotatable bonds is 49. The third-order valence-corrected chi connectivity index (χ3v) is 13.5. The van der Waals surface area contributed by atoms with E-state index < -0.39 is 0 Å². The number of hydrogen-bond acceptors (Lipinski definition) is 6. The molecule has 0 radical (unpaired) electrons. The first-order chi connectivity index (χ1) is 29.8. The average molecular weight is 864 g/mol. The van der Waals surface area contributed by atoms with Crippen LogP contribution in [0.1, 0.15) is 279 Å². The quantitative estimate of drug-likeness (QED) is 0.0448. The Morgan fingerprint density at radius 2 is 0.721 bits per heavy atom. The normalized spacial score (nSPS) is 11.9. The van der Waals surface area contributed by atoms with Crippen molar-refractivity contribution in [1.29, 1.82) is 0 Å². The lowest BCUT2D eigenvalue weighted by Crippen LogP contribution is -2.28. The van der Waals surface area contributed by atoms with Crippen LogP contribution in [0.15, 0.2) is 0 Å². The van der Waals surface area contributed by atoms with E-state index in [1.165, 1.54) is 180 Å². The van der Waals surface area contributed by atoms with Crippen molar-refractivity contribution in [1.82, 2.24) is 4.90 Å². The van der Waals surface area contributed by atoms with Crippen LogP contribution in [-0.4, -0.2) is 62.9 Å². The molecule has 364 valence electrons. The highest BCUT2D eigenvalue weighted by molar-refractivity contribution is 5.69. The van der Waals surface area contributed by atoms with Gasteiger partial charge in [-0.25, -0.2) is 0 Å². The number of carbonyl (C=O) groups excluding carboxylic acids is 2. The number of ether oxygens (including phenoxy) is 3. The number of carbonyl (C=O) groups is 2. The Bertz CT molecular complexity index is 835. The molecule has 0 aromatic rings. The topological polar surface area (TPSA) is 65.1 Å². The van der Waals surface area contributed by atoms with E-state index >= 15 is 0 Å². The summed E-state index contributed by atoms with van der Waals surface area (Å²) in [6, 6.07) is 0.593. The highest BCUT2D eigenvalue weighted by Gasteiger charge is 2.13. The maximum Gasteiger partial charge on any atom is 0.305 e. The summed E-state index contributed by atoms with van der Waals surface area (Å²) >= 11 is 0. The predicted molar refractivity (Wildman–Crippen MR) is 264 cm³/mol. The molecule has 0 aromatic heterocycles. The van der Waals surface area contributed by atoms with Gasteiger partial charge in [0.2, 0.25) is 0 Å². The molecule has 0 heterocycles. The van der Waals surface area contributed by atoms with E-state index in [-0.39, 0.29) is 11.9 Å². The zero-order valence-corrected chi connectivity index (χ0v) is 42.5. The van der Waals surface area contributed by atoms with Gasteiger partial charge in [0.05, 0.1) is 13.2 Å². The molecule has 0 aromatic carbocycles. The first kappa shape index (κ1) is 59.9. The van der Waals surface area contributed by atoms with Crippen LogP contribution in [0.25, 0.3) is 0 Å². The lowest BCUT2D eigenvalue weighted by molar-refractivity contribution is -0.145. The number of nitrogens with zero attached hydrogens (tertiary/aromatic N) is 1. The van der Waals surface area contributed by atoms with E-state index in [1.807, 2.05) is 0 Å².